The predicted octanol–water partition coefficient (Wildman–Crippen LogP) is 4.00. The van der Waals surface area contributed by atoms with Crippen molar-refractivity contribution in [1.82, 2.24) is 10.3 Å². The molecule has 1 aromatic heterocycles. The topological polar surface area (TPSA) is 24.9 Å². The Balaban J connectivity index is 1.96. The van der Waals surface area contributed by atoms with Crippen molar-refractivity contribution >= 4 is 15.9 Å². The fourth-order valence-electron chi connectivity index (χ4n) is 1.77. The highest BCUT2D eigenvalue weighted by Crippen LogP contribution is 2.18. The van der Waals surface area contributed by atoms with Crippen molar-refractivity contribution < 1.29 is 0 Å². The van der Waals surface area contributed by atoms with E-state index in [9.17, 15) is 0 Å². The Morgan fingerprint density at radius 2 is 2.11 bits per heavy atom. The van der Waals surface area contributed by atoms with Gasteiger partial charge in [-0.15, -0.1) is 0 Å². The molecule has 0 radical (unpaired) electrons. The first kappa shape index (κ1) is 13.2. The Morgan fingerprint density at radius 1 is 1.28 bits per heavy atom. The number of halogens is 1. The van der Waals surface area contributed by atoms with Gasteiger partial charge in [0.05, 0.1) is 0 Å². The lowest BCUT2D eigenvalue weighted by Gasteiger charge is -2.14. The highest BCUT2D eigenvalue weighted by Gasteiger charge is 2.05. The van der Waals surface area contributed by atoms with Gasteiger partial charge in [-0.05, 0) is 43.2 Å². The number of nitrogens with zero attached hydrogens (tertiary/aromatic N) is 1. The van der Waals surface area contributed by atoms with Gasteiger partial charge < -0.3 is 5.32 Å². The monoisotopic (exact) mass is 304 g/mol. The predicted molar refractivity (Wildman–Crippen MR) is 78.4 cm³/mol. The average Bonchev–Trinajstić information content (AvgIpc) is 2.38. The molecule has 2 nitrogen and oxygen atoms in total. The molecule has 0 bridgehead atoms. The summed E-state index contributed by atoms with van der Waals surface area (Å²) >= 11 is 3.50. The number of aromatic nitrogens is 1. The summed E-state index contributed by atoms with van der Waals surface area (Å²) in [6.45, 7) is 5.01. The second-order valence-electron chi connectivity index (χ2n) is 4.47. The number of rotatable bonds is 4. The van der Waals surface area contributed by atoms with Crippen molar-refractivity contribution in [1.29, 1.82) is 0 Å². The summed E-state index contributed by atoms with van der Waals surface area (Å²) in [4.78, 5) is 4.30. The number of hydrogen-bond acceptors (Lipinski definition) is 2. The van der Waals surface area contributed by atoms with Crippen LogP contribution in [-0.2, 0) is 6.54 Å². The van der Waals surface area contributed by atoms with Crippen molar-refractivity contribution in [2.75, 3.05) is 0 Å². The van der Waals surface area contributed by atoms with Crippen molar-refractivity contribution in [3.63, 3.8) is 0 Å². The third kappa shape index (κ3) is 3.65. The van der Waals surface area contributed by atoms with Crippen LogP contribution in [0.2, 0.25) is 0 Å². The van der Waals surface area contributed by atoms with Crippen LogP contribution in [0.5, 0.6) is 0 Å². The first-order valence-corrected chi connectivity index (χ1v) is 6.85. The largest absolute Gasteiger partial charge is 0.306 e. The highest BCUT2D eigenvalue weighted by atomic mass is 79.9. The molecule has 1 atom stereocenters. The van der Waals surface area contributed by atoms with E-state index in [1.807, 2.05) is 25.3 Å². The minimum Gasteiger partial charge on any atom is -0.306 e. The van der Waals surface area contributed by atoms with Gasteiger partial charge in [0.25, 0.3) is 0 Å². The van der Waals surface area contributed by atoms with Gasteiger partial charge in [-0.2, -0.15) is 0 Å². The van der Waals surface area contributed by atoms with E-state index >= 15 is 0 Å². The van der Waals surface area contributed by atoms with Gasteiger partial charge in [0.15, 0.2) is 0 Å². The van der Waals surface area contributed by atoms with E-state index < -0.39 is 0 Å². The third-order valence-electron chi connectivity index (χ3n) is 2.93. The van der Waals surface area contributed by atoms with Crippen LogP contribution < -0.4 is 5.32 Å². The zero-order valence-corrected chi connectivity index (χ0v) is 12.2. The molecular weight excluding hydrogens is 288 g/mol. The quantitative estimate of drug-likeness (QED) is 0.923. The summed E-state index contributed by atoms with van der Waals surface area (Å²) in [5.74, 6) is 0. The maximum absolute atomic E-state index is 4.30. The molecule has 3 heteroatoms. The van der Waals surface area contributed by atoms with Gasteiger partial charge in [0.1, 0.15) is 0 Å². The summed E-state index contributed by atoms with van der Waals surface area (Å²) in [6, 6.07) is 12.9. The molecule has 0 aliphatic carbocycles. The van der Waals surface area contributed by atoms with Crippen molar-refractivity contribution in [2.45, 2.75) is 26.4 Å². The summed E-state index contributed by atoms with van der Waals surface area (Å²) in [7, 11) is 0. The van der Waals surface area contributed by atoms with E-state index in [0.29, 0.717) is 6.04 Å². The molecule has 0 saturated carbocycles. The SMILES string of the molecule is Cc1ccc(CNC(C)c2cccc(Br)c2)cn1. The standard InChI is InChI=1S/C15H17BrN2/c1-11-6-7-13(9-17-11)10-18-12(2)14-4-3-5-15(16)8-14/h3-9,12,18H,10H2,1-2H3. The van der Waals surface area contributed by atoms with Crippen LogP contribution in [0.25, 0.3) is 0 Å². The highest BCUT2D eigenvalue weighted by molar-refractivity contribution is 9.10. The summed E-state index contributed by atoms with van der Waals surface area (Å²) in [6.07, 6.45) is 1.93. The van der Waals surface area contributed by atoms with Crippen molar-refractivity contribution in [3.8, 4) is 0 Å². The van der Waals surface area contributed by atoms with Crippen LogP contribution in [0.1, 0.15) is 29.8 Å². The van der Waals surface area contributed by atoms with E-state index in [2.05, 4.69) is 57.4 Å². The summed E-state index contributed by atoms with van der Waals surface area (Å²) in [5.41, 5.74) is 3.55. The molecule has 0 spiro atoms. The molecule has 1 unspecified atom stereocenters. The molecule has 18 heavy (non-hydrogen) atoms. The lowest BCUT2D eigenvalue weighted by molar-refractivity contribution is 0.573. The number of pyridine rings is 1. The maximum Gasteiger partial charge on any atom is 0.0372 e. The van der Waals surface area contributed by atoms with Gasteiger partial charge in [0.2, 0.25) is 0 Å². The molecule has 0 saturated heterocycles. The maximum atomic E-state index is 4.30. The Hall–Kier alpha value is -1.19. The van der Waals surface area contributed by atoms with Crippen LogP contribution in [0.15, 0.2) is 47.1 Å². The molecule has 0 fully saturated rings. The Labute approximate surface area is 117 Å². The molecule has 0 aliphatic heterocycles. The molecule has 1 N–H and O–H groups in total. The third-order valence-corrected chi connectivity index (χ3v) is 3.43. The second kappa shape index (κ2) is 6.12. The van der Waals surface area contributed by atoms with E-state index in [1.165, 1.54) is 11.1 Å². The first-order chi connectivity index (χ1) is 8.65. The number of nitrogens with one attached hydrogen (secondary N) is 1. The van der Waals surface area contributed by atoms with Gasteiger partial charge in [-0.25, -0.2) is 0 Å². The number of aryl methyl sites for hydroxylation is 1. The van der Waals surface area contributed by atoms with Crippen molar-refractivity contribution in [3.05, 3.63) is 63.9 Å². The average molecular weight is 305 g/mol. The molecule has 2 aromatic rings. The number of hydrogen-bond donors (Lipinski definition) is 1. The molecule has 1 heterocycles. The van der Waals surface area contributed by atoms with Crippen molar-refractivity contribution in [2.24, 2.45) is 0 Å². The minimum absolute atomic E-state index is 0.323. The molecule has 94 valence electrons. The second-order valence-corrected chi connectivity index (χ2v) is 5.38. The molecular formula is C15H17BrN2. The van der Waals surface area contributed by atoms with E-state index in [-0.39, 0.29) is 0 Å². The fourth-order valence-corrected chi connectivity index (χ4v) is 2.18. The van der Waals surface area contributed by atoms with Gasteiger partial charge >= 0.3 is 0 Å². The zero-order valence-electron chi connectivity index (χ0n) is 10.7. The lowest BCUT2D eigenvalue weighted by Crippen LogP contribution is -2.18. The Kier molecular flexibility index (Phi) is 4.50. The smallest absolute Gasteiger partial charge is 0.0372 e. The molecule has 2 rings (SSSR count). The van der Waals surface area contributed by atoms with Crippen LogP contribution in [0.4, 0.5) is 0 Å². The minimum atomic E-state index is 0.323. The molecule has 0 aliphatic rings. The van der Waals surface area contributed by atoms with E-state index in [0.717, 1.165) is 16.7 Å². The van der Waals surface area contributed by atoms with Crippen LogP contribution in [-0.4, -0.2) is 4.98 Å². The van der Waals surface area contributed by atoms with E-state index in [4.69, 9.17) is 0 Å². The van der Waals surface area contributed by atoms with Gasteiger partial charge in [0, 0.05) is 29.0 Å². The number of benzene rings is 1. The van der Waals surface area contributed by atoms with Crippen LogP contribution in [0, 0.1) is 6.92 Å². The summed E-state index contributed by atoms with van der Waals surface area (Å²) < 4.78 is 1.12. The fraction of sp³-hybridized carbons (Fsp3) is 0.267. The Morgan fingerprint density at radius 3 is 2.78 bits per heavy atom. The molecule has 1 aromatic carbocycles. The van der Waals surface area contributed by atoms with Crippen LogP contribution in [0.3, 0.4) is 0 Å². The zero-order chi connectivity index (χ0) is 13.0. The van der Waals surface area contributed by atoms with E-state index in [1.54, 1.807) is 0 Å². The first-order valence-electron chi connectivity index (χ1n) is 6.05. The normalized spacial score (nSPS) is 12.4. The van der Waals surface area contributed by atoms with Crippen LogP contribution >= 0.6 is 15.9 Å². The lowest BCUT2D eigenvalue weighted by atomic mass is 10.1. The van der Waals surface area contributed by atoms with Gasteiger partial charge in [-0.3, -0.25) is 4.98 Å². The van der Waals surface area contributed by atoms with Gasteiger partial charge in [-0.1, -0.05) is 34.1 Å². The summed E-state index contributed by atoms with van der Waals surface area (Å²) in [5, 5.41) is 3.50. The Bertz CT molecular complexity index is 508. The molecule has 0 amide bonds.